The van der Waals surface area contributed by atoms with Gasteiger partial charge in [-0.05, 0) is 45.9 Å². The van der Waals surface area contributed by atoms with Gasteiger partial charge in [-0.3, -0.25) is 0 Å². The highest BCUT2D eigenvalue weighted by atomic mass is 14.4. The third-order valence-corrected chi connectivity index (χ3v) is 5.49. The summed E-state index contributed by atoms with van der Waals surface area (Å²) in [5, 5.41) is 0. The van der Waals surface area contributed by atoms with Gasteiger partial charge in [-0.1, -0.05) is 103 Å². The van der Waals surface area contributed by atoms with Crippen molar-refractivity contribution in [3.63, 3.8) is 0 Å². The van der Waals surface area contributed by atoms with Crippen molar-refractivity contribution in [2.45, 2.75) is 11.8 Å². The molecule has 0 spiro atoms. The van der Waals surface area contributed by atoms with E-state index >= 15 is 0 Å². The summed E-state index contributed by atoms with van der Waals surface area (Å²) >= 11 is 0. The SMILES string of the molecule is C1=CC(Cc2ccccc2)(c2ccccc2)C=C2C1=Cc1ccccc12. The lowest BCUT2D eigenvalue weighted by Gasteiger charge is -2.32. The molecule has 0 saturated carbocycles. The molecular formula is C26H20. The van der Waals surface area contributed by atoms with E-state index < -0.39 is 0 Å². The second kappa shape index (κ2) is 6.00. The van der Waals surface area contributed by atoms with Gasteiger partial charge in [-0.15, -0.1) is 0 Å². The maximum atomic E-state index is 2.48. The summed E-state index contributed by atoms with van der Waals surface area (Å²) in [7, 11) is 0. The molecule has 0 aromatic heterocycles. The standard InChI is InChI=1S/C26H20/c1-3-9-20(10-4-1)18-26(23-12-5-2-6-13-23)16-15-22-17-21-11-7-8-14-24(21)25(22)19-26/h1-17,19H,18H2. The fourth-order valence-electron chi connectivity index (χ4n) is 4.19. The van der Waals surface area contributed by atoms with Gasteiger partial charge in [0.05, 0.1) is 0 Å². The molecule has 2 aliphatic carbocycles. The van der Waals surface area contributed by atoms with Crippen molar-refractivity contribution in [1.82, 2.24) is 0 Å². The lowest BCUT2D eigenvalue weighted by molar-refractivity contribution is 0.662. The number of hydrogen-bond donors (Lipinski definition) is 0. The number of allylic oxidation sites excluding steroid dienone is 5. The van der Waals surface area contributed by atoms with Crippen molar-refractivity contribution in [2.24, 2.45) is 0 Å². The molecule has 0 saturated heterocycles. The van der Waals surface area contributed by atoms with Crippen LogP contribution >= 0.6 is 0 Å². The molecule has 0 aliphatic heterocycles. The topological polar surface area (TPSA) is 0 Å². The van der Waals surface area contributed by atoms with Gasteiger partial charge < -0.3 is 0 Å². The van der Waals surface area contributed by atoms with Crippen LogP contribution in [-0.2, 0) is 11.8 Å². The predicted octanol–water partition coefficient (Wildman–Crippen LogP) is 6.22. The molecule has 3 aromatic rings. The van der Waals surface area contributed by atoms with Crippen molar-refractivity contribution < 1.29 is 0 Å². The summed E-state index contributed by atoms with van der Waals surface area (Å²) < 4.78 is 0. The molecule has 0 fully saturated rings. The lowest BCUT2D eigenvalue weighted by atomic mass is 9.71. The van der Waals surface area contributed by atoms with Crippen LogP contribution in [0.25, 0.3) is 11.6 Å². The predicted molar refractivity (Wildman–Crippen MR) is 110 cm³/mol. The van der Waals surface area contributed by atoms with Crippen LogP contribution in [0.1, 0.15) is 22.3 Å². The second-order valence-corrected chi connectivity index (χ2v) is 7.15. The molecule has 26 heavy (non-hydrogen) atoms. The van der Waals surface area contributed by atoms with Crippen molar-refractivity contribution in [3.05, 3.63) is 131 Å². The van der Waals surface area contributed by atoms with Crippen molar-refractivity contribution in [2.75, 3.05) is 0 Å². The van der Waals surface area contributed by atoms with Crippen LogP contribution in [0, 0.1) is 0 Å². The van der Waals surface area contributed by atoms with Crippen molar-refractivity contribution in [1.29, 1.82) is 0 Å². The molecule has 0 amide bonds. The molecule has 124 valence electrons. The van der Waals surface area contributed by atoms with Gasteiger partial charge in [0.25, 0.3) is 0 Å². The Kier molecular flexibility index (Phi) is 3.50. The maximum Gasteiger partial charge on any atom is 0.0364 e. The van der Waals surface area contributed by atoms with Gasteiger partial charge in [0, 0.05) is 5.41 Å². The number of fused-ring (bicyclic) bond motifs is 3. The molecule has 0 N–H and O–H groups in total. The molecule has 3 aromatic carbocycles. The Hall–Kier alpha value is -3.12. The molecular weight excluding hydrogens is 312 g/mol. The van der Waals surface area contributed by atoms with Crippen LogP contribution in [0.15, 0.2) is 109 Å². The van der Waals surface area contributed by atoms with Crippen LogP contribution in [0.3, 0.4) is 0 Å². The molecule has 0 heterocycles. The molecule has 1 unspecified atom stereocenters. The van der Waals surface area contributed by atoms with Crippen LogP contribution in [0.4, 0.5) is 0 Å². The summed E-state index contributed by atoms with van der Waals surface area (Å²) in [6.45, 7) is 0. The zero-order chi connectivity index (χ0) is 17.4. The van der Waals surface area contributed by atoms with Gasteiger partial charge in [0.1, 0.15) is 0 Å². The van der Waals surface area contributed by atoms with Gasteiger partial charge in [0.15, 0.2) is 0 Å². The van der Waals surface area contributed by atoms with Crippen LogP contribution in [0.5, 0.6) is 0 Å². The Morgan fingerprint density at radius 1 is 0.692 bits per heavy atom. The Bertz CT molecular complexity index is 1040. The minimum absolute atomic E-state index is 0.118. The van der Waals surface area contributed by atoms with E-state index in [0.29, 0.717) is 0 Å². The first-order valence-corrected chi connectivity index (χ1v) is 9.17. The Labute approximate surface area is 154 Å². The average Bonchev–Trinajstić information content (AvgIpc) is 3.07. The van der Waals surface area contributed by atoms with E-state index in [1.807, 2.05) is 0 Å². The maximum absolute atomic E-state index is 2.48. The highest BCUT2D eigenvalue weighted by Gasteiger charge is 2.33. The molecule has 0 bridgehead atoms. The zero-order valence-electron chi connectivity index (χ0n) is 14.6. The van der Waals surface area contributed by atoms with E-state index in [4.69, 9.17) is 0 Å². The summed E-state index contributed by atoms with van der Waals surface area (Å²) in [5.74, 6) is 0. The van der Waals surface area contributed by atoms with E-state index in [1.54, 1.807) is 0 Å². The molecule has 0 nitrogen and oxygen atoms in total. The third-order valence-electron chi connectivity index (χ3n) is 5.49. The van der Waals surface area contributed by atoms with E-state index in [-0.39, 0.29) is 5.41 Å². The summed E-state index contributed by atoms with van der Waals surface area (Å²) in [6.07, 6.45) is 10.4. The van der Waals surface area contributed by atoms with E-state index in [1.165, 1.54) is 33.4 Å². The quantitative estimate of drug-likeness (QED) is 0.534. The van der Waals surface area contributed by atoms with Crippen molar-refractivity contribution >= 4 is 11.6 Å². The van der Waals surface area contributed by atoms with E-state index in [2.05, 4.69) is 109 Å². The number of benzene rings is 3. The number of hydrogen-bond acceptors (Lipinski definition) is 0. The zero-order valence-corrected chi connectivity index (χ0v) is 14.6. The Balaban J connectivity index is 1.68. The number of rotatable bonds is 3. The normalized spacial score (nSPS) is 20.2. The van der Waals surface area contributed by atoms with E-state index in [9.17, 15) is 0 Å². The first-order chi connectivity index (χ1) is 12.8. The average molecular weight is 332 g/mol. The lowest BCUT2D eigenvalue weighted by Crippen LogP contribution is -2.26. The van der Waals surface area contributed by atoms with E-state index in [0.717, 1.165) is 6.42 Å². The fraction of sp³-hybridized carbons (Fsp3) is 0.0769. The molecule has 0 heteroatoms. The second-order valence-electron chi connectivity index (χ2n) is 7.15. The smallest absolute Gasteiger partial charge is 0.0364 e. The minimum Gasteiger partial charge on any atom is -0.0692 e. The summed E-state index contributed by atoms with van der Waals surface area (Å²) in [6, 6.07) is 30.4. The molecule has 2 aliphatic rings. The van der Waals surface area contributed by atoms with Crippen LogP contribution in [0.2, 0.25) is 0 Å². The summed E-state index contributed by atoms with van der Waals surface area (Å²) in [5.41, 5.74) is 7.94. The Morgan fingerprint density at radius 2 is 1.38 bits per heavy atom. The van der Waals surface area contributed by atoms with Crippen molar-refractivity contribution in [3.8, 4) is 0 Å². The molecule has 5 rings (SSSR count). The van der Waals surface area contributed by atoms with Gasteiger partial charge in [-0.2, -0.15) is 0 Å². The molecule has 1 atom stereocenters. The van der Waals surface area contributed by atoms with Gasteiger partial charge in [-0.25, -0.2) is 0 Å². The Morgan fingerprint density at radius 3 is 2.19 bits per heavy atom. The fourth-order valence-corrected chi connectivity index (χ4v) is 4.19. The highest BCUT2D eigenvalue weighted by Crippen LogP contribution is 2.45. The summed E-state index contributed by atoms with van der Waals surface area (Å²) in [4.78, 5) is 0. The van der Waals surface area contributed by atoms with Crippen LogP contribution in [-0.4, -0.2) is 0 Å². The largest absolute Gasteiger partial charge is 0.0692 e. The van der Waals surface area contributed by atoms with Gasteiger partial charge >= 0.3 is 0 Å². The first-order valence-electron chi connectivity index (χ1n) is 9.17. The third kappa shape index (κ3) is 2.46. The first kappa shape index (κ1) is 15.2. The minimum atomic E-state index is -0.118. The van der Waals surface area contributed by atoms with Gasteiger partial charge in [0.2, 0.25) is 0 Å². The highest BCUT2D eigenvalue weighted by molar-refractivity contribution is 5.98. The molecule has 0 radical (unpaired) electrons. The monoisotopic (exact) mass is 332 g/mol. The van der Waals surface area contributed by atoms with Crippen LogP contribution < -0.4 is 0 Å².